The number of nitrogens with one attached hydrogen (secondary N) is 2. The molecule has 0 aliphatic heterocycles. The van der Waals surface area contributed by atoms with Gasteiger partial charge in [-0.25, -0.2) is 0 Å². The number of carboxylic acids is 2. The summed E-state index contributed by atoms with van der Waals surface area (Å²) in [7, 11) is 0. The van der Waals surface area contributed by atoms with Crippen molar-refractivity contribution in [3.8, 4) is 0 Å². The van der Waals surface area contributed by atoms with Crippen LogP contribution >= 0.6 is 0 Å². The van der Waals surface area contributed by atoms with Crippen LogP contribution < -0.4 is 20.8 Å². The molecule has 21 heavy (non-hydrogen) atoms. The third kappa shape index (κ3) is 18.1. The maximum Gasteiger partial charge on any atom is 2.00 e. The molecule has 0 aliphatic rings. The summed E-state index contributed by atoms with van der Waals surface area (Å²) in [5.74, 6) is -3.56. The van der Waals surface area contributed by atoms with Crippen molar-refractivity contribution in [2.24, 2.45) is 0 Å². The van der Waals surface area contributed by atoms with E-state index < -0.39 is 36.8 Å². The topological polar surface area (TPSA) is 138 Å². The Hall–Kier alpha value is -1.87. The molecular formula is C12H16MgN2O6. The number of hydrogen-bond acceptors (Lipinski definition) is 6. The predicted octanol–water partition coefficient (Wildman–Crippen LogP) is -3.52. The zero-order valence-electron chi connectivity index (χ0n) is 12.0. The van der Waals surface area contributed by atoms with E-state index in [0.717, 1.165) is 0 Å². The average Bonchev–Trinajstić information content (AvgIpc) is 2.33. The van der Waals surface area contributed by atoms with Crippen LogP contribution in [0.4, 0.5) is 0 Å². The standard InChI is InChI=1S/2C6H9NO3.Mg/c2*1-4(2)6(10)7-3-5(8)9;/h2*1,3H2,2H3,(H,7,10)(H,8,9);/q;;+2/p-2. The fourth-order valence-electron chi connectivity index (χ4n) is 0.607. The summed E-state index contributed by atoms with van der Waals surface area (Å²) < 4.78 is 0. The Morgan fingerprint density at radius 2 is 1.05 bits per heavy atom. The van der Waals surface area contributed by atoms with Gasteiger partial charge in [0.1, 0.15) is 0 Å². The molecule has 112 valence electrons. The van der Waals surface area contributed by atoms with Crippen LogP contribution in [0.1, 0.15) is 13.8 Å². The molecule has 0 aromatic heterocycles. The molecule has 0 spiro atoms. The second-order valence-electron chi connectivity index (χ2n) is 3.67. The third-order valence-electron chi connectivity index (χ3n) is 1.56. The Kier molecular flexibility index (Phi) is 15.1. The quantitative estimate of drug-likeness (QED) is 0.385. The number of amides is 2. The van der Waals surface area contributed by atoms with E-state index in [2.05, 4.69) is 23.8 Å². The second-order valence-corrected chi connectivity index (χ2v) is 3.67. The Balaban J connectivity index is -0.000000295. The van der Waals surface area contributed by atoms with Crippen LogP contribution in [0.5, 0.6) is 0 Å². The van der Waals surface area contributed by atoms with E-state index >= 15 is 0 Å². The first-order valence-corrected chi connectivity index (χ1v) is 5.35. The summed E-state index contributed by atoms with van der Waals surface area (Å²) in [5, 5.41) is 23.7. The Morgan fingerprint density at radius 3 is 1.19 bits per heavy atom. The molecule has 0 fully saturated rings. The van der Waals surface area contributed by atoms with Gasteiger partial charge in [-0.15, -0.1) is 0 Å². The van der Waals surface area contributed by atoms with Crippen molar-refractivity contribution in [3.63, 3.8) is 0 Å². The van der Waals surface area contributed by atoms with E-state index in [0.29, 0.717) is 0 Å². The molecule has 0 rings (SSSR count). The van der Waals surface area contributed by atoms with E-state index in [4.69, 9.17) is 0 Å². The molecule has 9 heteroatoms. The SMILES string of the molecule is C=C(C)C(=O)NCC(=O)[O-].C=C(C)C(=O)NCC(=O)[O-].[Mg+2]. The van der Waals surface area contributed by atoms with Crippen molar-refractivity contribution in [2.45, 2.75) is 13.8 Å². The van der Waals surface area contributed by atoms with Crippen molar-refractivity contribution in [1.29, 1.82) is 0 Å². The number of carbonyl (C=O) groups excluding carboxylic acids is 4. The minimum atomic E-state index is -1.31. The zero-order chi connectivity index (χ0) is 16.3. The van der Waals surface area contributed by atoms with Crippen molar-refractivity contribution in [2.75, 3.05) is 13.1 Å². The van der Waals surface area contributed by atoms with Gasteiger partial charge in [-0.2, -0.15) is 0 Å². The van der Waals surface area contributed by atoms with E-state index in [1.54, 1.807) is 0 Å². The van der Waals surface area contributed by atoms with Crippen LogP contribution in [0.15, 0.2) is 24.3 Å². The summed E-state index contributed by atoms with van der Waals surface area (Å²) in [6, 6.07) is 0. The molecule has 0 aromatic carbocycles. The summed E-state index contributed by atoms with van der Waals surface area (Å²) in [4.78, 5) is 40.6. The number of carboxylic acid groups (broad SMARTS) is 2. The Labute approximate surface area is 138 Å². The number of aliphatic carboxylic acids is 2. The Morgan fingerprint density at radius 1 is 0.810 bits per heavy atom. The van der Waals surface area contributed by atoms with Crippen molar-refractivity contribution < 1.29 is 29.4 Å². The van der Waals surface area contributed by atoms with E-state index in [1.165, 1.54) is 13.8 Å². The molecule has 2 N–H and O–H groups in total. The second kappa shape index (κ2) is 13.1. The van der Waals surface area contributed by atoms with Crippen molar-refractivity contribution >= 4 is 46.8 Å². The molecule has 0 unspecified atom stereocenters. The smallest absolute Gasteiger partial charge is 0.548 e. The molecule has 0 saturated carbocycles. The minimum absolute atomic E-state index is 0. The normalized spacial score (nSPS) is 8.10. The van der Waals surface area contributed by atoms with Crippen LogP contribution in [-0.2, 0) is 19.2 Å². The van der Waals surface area contributed by atoms with Crippen LogP contribution in [0.2, 0.25) is 0 Å². The molecule has 0 aromatic rings. The van der Waals surface area contributed by atoms with Crippen LogP contribution in [-0.4, -0.2) is 59.9 Å². The van der Waals surface area contributed by atoms with Crippen LogP contribution in [0.3, 0.4) is 0 Å². The van der Waals surface area contributed by atoms with E-state index in [1.807, 2.05) is 0 Å². The van der Waals surface area contributed by atoms with Gasteiger partial charge in [-0.3, -0.25) is 9.59 Å². The predicted molar refractivity (Wildman–Crippen MR) is 71.4 cm³/mol. The maximum atomic E-state index is 10.5. The summed E-state index contributed by atoms with van der Waals surface area (Å²) in [6.45, 7) is 8.66. The van der Waals surface area contributed by atoms with Gasteiger partial charge in [0.05, 0.1) is 25.0 Å². The largest absolute Gasteiger partial charge is 2.00 e. The average molecular weight is 309 g/mol. The van der Waals surface area contributed by atoms with Crippen LogP contribution in [0, 0.1) is 0 Å². The van der Waals surface area contributed by atoms with Gasteiger partial charge in [0, 0.05) is 11.1 Å². The van der Waals surface area contributed by atoms with Gasteiger partial charge < -0.3 is 30.4 Å². The molecule has 0 heterocycles. The van der Waals surface area contributed by atoms with Gasteiger partial charge in [0.25, 0.3) is 0 Å². The van der Waals surface area contributed by atoms with E-state index in [-0.39, 0.29) is 34.2 Å². The first-order valence-electron chi connectivity index (χ1n) is 5.35. The maximum absolute atomic E-state index is 10.5. The number of hydrogen-bond donors (Lipinski definition) is 2. The number of rotatable bonds is 6. The van der Waals surface area contributed by atoms with Gasteiger partial charge in [-0.1, -0.05) is 13.2 Å². The van der Waals surface area contributed by atoms with Crippen molar-refractivity contribution in [3.05, 3.63) is 24.3 Å². The van der Waals surface area contributed by atoms with Crippen LogP contribution in [0.25, 0.3) is 0 Å². The molecule has 0 bridgehead atoms. The van der Waals surface area contributed by atoms with Gasteiger partial charge in [-0.05, 0) is 13.8 Å². The molecular weight excluding hydrogens is 292 g/mol. The molecule has 8 nitrogen and oxygen atoms in total. The summed E-state index contributed by atoms with van der Waals surface area (Å²) in [6.07, 6.45) is 0. The van der Waals surface area contributed by atoms with Gasteiger partial charge >= 0.3 is 23.1 Å². The fourth-order valence-corrected chi connectivity index (χ4v) is 0.607. The molecule has 0 saturated heterocycles. The minimum Gasteiger partial charge on any atom is -0.548 e. The van der Waals surface area contributed by atoms with Crippen molar-refractivity contribution in [1.82, 2.24) is 10.6 Å². The van der Waals surface area contributed by atoms with Gasteiger partial charge in [0.15, 0.2) is 0 Å². The fraction of sp³-hybridized carbons (Fsp3) is 0.333. The van der Waals surface area contributed by atoms with E-state index in [9.17, 15) is 29.4 Å². The molecule has 0 atom stereocenters. The van der Waals surface area contributed by atoms with Gasteiger partial charge in [0.2, 0.25) is 11.8 Å². The molecule has 2 amide bonds. The monoisotopic (exact) mass is 308 g/mol. The summed E-state index contributed by atoms with van der Waals surface area (Å²) in [5.41, 5.74) is 0.558. The molecule has 0 aliphatic carbocycles. The number of carbonyl (C=O) groups is 4. The third-order valence-corrected chi connectivity index (χ3v) is 1.56. The summed E-state index contributed by atoms with van der Waals surface area (Å²) >= 11 is 0. The first-order chi connectivity index (χ1) is 9.07. The Bertz CT molecular complexity index is 393. The molecule has 0 radical (unpaired) electrons. The first kappa shape index (κ1) is 24.2. The zero-order valence-corrected chi connectivity index (χ0v) is 13.4.